The van der Waals surface area contributed by atoms with Crippen LogP contribution < -0.4 is 5.43 Å². The Hall–Kier alpha value is -2.64. The van der Waals surface area contributed by atoms with E-state index in [1.165, 1.54) is 18.0 Å². The van der Waals surface area contributed by atoms with Crippen molar-refractivity contribution in [2.75, 3.05) is 5.75 Å². The fourth-order valence-corrected chi connectivity index (χ4v) is 3.24. The Labute approximate surface area is 166 Å². The van der Waals surface area contributed by atoms with Gasteiger partial charge in [0.25, 0.3) is 5.91 Å². The molecular formula is C19H17ClN4O2S. The van der Waals surface area contributed by atoms with E-state index in [2.05, 4.69) is 20.5 Å². The van der Waals surface area contributed by atoms with Gasteiger partial charge in [-0.25, -0.2) is 15.4 Å². The summed E-state index contributed by atoms with van der Waals surface area (Å²) in [6.07, 6.45) is 1.45. The number of benzene rings is 1. The van der Waals surface area contributed by atoms with Crippen molar-refractivity contribution >= 4 is 35.5 Å². The maximum Gasteiger partial charge on any atom is 0.250 e. The van der Waals surface area contributed by atoms with Crippen LogP contribution in [-0.2, 0) is 4.79 Å². The summed E-state index contributed by atoms with van der Waals surface area (Å²) in [7, 11) is 0. The van der Waals surface area contributed by atoms with E-state index in [1.807, 2.05) is 44.2 Å². The second-order valence-electron chi connectivity index (χ2n) is 5.73. The molecule has 0 aliphatic carbocycles. The topological polar surface area (TPSA) is 80.4 Å². The third-order valence-electron chi connectivity index (χ3n) is 3.41. The van der Waals surface area contributed by atoms with E-state index < -0.39 is 0 Å². The number of hydrogen-bond acceptors (Lipinski definition) is 6. The zero-order valence-electron chi connectivity index (χ0n) is 14.8. The standard InChI is InChI=1S/C19H17ClN4O2S/c1-12-8-13(2)23-19(22-12)27-11-18(25)24-21-10-16-6-7-17(26-16)14-4-3-5-15(20)9-14/h3-10H,11H2,1-2H3,(H,24,25)/b21-10-. The predicted octanol–water partition coefficient (Wildman–Crippen LogP) is 4.25. The second kappa shape index (κ2) is 8.83. The third kappa shape index (κ3) is 5.67. The number of thioether (sulfide) groups is 1. The molecule has 0 radical (unpaired) electrons. The number of nitrogens with one attached hydrogen (secondary N) is 1. The van der Waals surface area contributed by atoms with Crippen LogP contribution in [-0.4, -0.2) is 27.8 Å². The molecule has 3 aromatic rings. The lowest BCUT2D eigenvalue weighted by Gasteiger charge is -2.02. The van der Waals surface area contributed by atoms with Gasteiger partial charge in [-0.1, -0.05) is 35.5 Å². The smallest absolute Gasteiger partial charge is 0.250 e. The number of aromatic nitrogens is 2. The molecule has 0 bridgehead atoms. The highest BCUT2D eigenvalue weighted by molar-refractivity contribution is 7.99. The van der Waals surface area contributed by atoms with Crippen molar-refractivity contribution in [2.45, 2.75) is 19.0 Å². The summed E-state index contributed by atoms with van der Waals surface area (Å²) in [5.74, 6) is 1.12. The normalized spacial score (nSPS) is 11.1. The SMILES string of the molecule is Cc1cc(C)nc(SCC(=O)N/N=C\c2ccc(-c3cccc(Cl)c3)o2)n1. The Morgan fingerprint density at radius 2 is 2.00 bits per heavy atom. The number of furan rings is 1. The van der Waals surface area contributed by atoms with Gasteiger partial charge in [-0.05, 0) is 44.2 Å². The van der Waals surface area contributed by atoms with Gasteiger partial charge >= 0.3 is 0 Å². The number of amides is 1. The van der Waals surface area contributed by atoms with E-state index in [0.29, 0.717) is 21.7 Å². The van der Waals surface area contributed by atoms with Gasteiger partial charge in [0.05, 0.1) is 12.0 Å². The molecule has 0 saturated heterocycles. The molecule has 0 saturated carbocycles. The van der Waals surface area contributed by atoms with Crippen LogP contribution in [0.15, 0.2) is 57.1 Å². The van der Waals surface area contributed by atoms with E-state index >= 15 is 0 Å². The summed E-state index contributed by atoms with van der Waals surface area (Å²) >= 11 is 7.25. The van der Waals surface area contributed by atoms with Crippen molar-refractivity contribution in [3.05, 3.63) is 64.6 Å². The molecule has 1 N–H and O–H groups in total. The fraction of sp³-hybridized carbons (Fsp3) is 0.158. The molecule has 2 heterocycles. The maximum atomic E-state index is 11.9. The van der Waals surface area contributed by atoms with E-state index in [-0.39, 0.29) is 11.7 Å². The first kappa shape index (κ1) is 19.1. The van der Waals surface area contributed by atoms with Gasteiger partial charge in [-0.15, -0.1) is 0 Å². The fourth-order valence-electron chi connectivity index (χ4n) is 2.31. The molecular weight excluding hydrogens is 384 g/mol. The first-order chi connectivity index (χ1) is 13.0. The van der Waals surface area contributed by atoms with E-state index in [0.717, 1.165) is 17.0 Å². The van der Waals surface area contributed by atoms with Gasteiger partial charge in [0.1, 0.15) is 11.5 Å². The average Bonchev–Trinajstić information content (AvgIpc) is 3.08. The minimum Gasteiger partial charge on any atom is -0.455 e. The summed E-state index contributed by atoms with van der Waals surface area (Å²) in [6, 6.07) is 12.8. The summed E-state index contributed by atoms with van der Waals surface area (Å²) in [4.78, 5) is 20.5. The molecule has 138 valence electrons. The molecule has 0 fully saturated rings. The van der Waals surface area contributed by atoms with Crippen LogP contribution in [0.5, 0.6) is 0 Å². The first-order valence-corrected chi connectivity index (χ1v) is 9.49. The summed E-state index contributed by atoms with van der Waals surface area (Å²) < 4.78 is 5.68. The molecule has 0 aliphatic rings. The summed E-state index contributed by atoms with van der Waals surface area (Å²) in [5.41, 5.74) is 5.08. The van der Waals surface area contributed by atoms with Crippen molar-refractivity contribution < 1.29 is 9.21 Å². The van der Waals surface area contributed by atoms with Crippen LogP contribution in [0.4, 0.5) is 0 Å². The largest absolute Gasteiger partial charge is 0.455 e. The van der Waals surface area contributed by atoms with Crippen LogP contribution in [0, 0.1) is 13.8 Å². The van der Waals surface area contributed by atoms with Crippen LogP contribution in [0.3, 0.4) is 0 Å². The summed E-state index contributed by atoms with van der Waals surface area (Å²) in [5, 5.41) is 5.12. The Morgan fingerprint density at radius 1 is 1.22 bits per heavy atom. The van der Waals surface area contributed by atoms with Crippen LogP contribution in [0.25, 0.3) is 11.3 Å². The number of halogens is 1. The number of hydrazone groups is 1. The molecule has 0 spiro atoms. The Kier molecular flexibility index (Phi) is 6.26. The zero-order chi connectivity index (χ0) is 19.2. The van der Waals surface area contributed by atoms with Gasteiger partial charge in [0.15, 0.2) is 5.16 Å². The molecule has 2 aromatic heterocycles. The van der Waals surface area contributed by atoms with Gasteiger partial charge in [0, 0.05) is 22.0 Å². The quantitative estimate of drug-likeness (QED) is 0.289. The van der Waals surface area contributed by atoms with Crippen molar-refractivity contribution in [2.24, 2.45) is 5.10 Å². The number of hydrogen-bond donors (Lipinski definition) is 1. The predicted molar refractivity (Wildman–Crippen MR) is 107 cm³/mol. The monoisotopic (exact) mass is 400 g/mol. The molecule has 3 rings (SSSR count). The lowest BCUT2D eigenvalue weighted by Crippen LogP contribution is -2.19. The highest BCUT2D eigenvalue weighted by atomic mass is 35.5. The van der Waals surface area contributed by atoms with Crippen LogP contribution >= 0.6 is 23.4 Å². The Bertz CT molecular complexity index is 967. The molecule has 8 heteroatoms. The highest BCUT2D eigenvalue weighted by Gasteiger charge is 2.06. The van der Waals surface area contributed by atoms with Crippen LogP contribution in [0.2, 0.25) is 5.02 Å². The third-order valence-corrected chi connectivity index (χ3v) is 4.49. The molecule has 0 aliphatic heterocycles. The number of carbonyl (C=O) groups excluding carboxylic acids is 1. The Balaban J connectivity index is 1.52. The van der Waals surface area contributed by atoms with E-state index in [1.54, 1.807) is 12.1 Å². The first-order valence-electron chi connectivity index (χ1n) is 8.12. The van der Waals surface area contributed by atoms with Crippen LogP contribution in [0.1, 0.15) is 17.1 Å². The van der Waals surface area contributed by atoms with Gasteiger partial charge < -0.3 is 4.42 Å². The van der Waals surface area contributed by atoms with E-state index in [4.69, 9.17) is 16.0 Å². The van der Waals surface area contributed by atoms with Crippen molar-refractivity contribution in [1.29, 1.82) is 0 Å². The second-order valence-corrected chi connectivity index (χ2v) is 7.11. The lowest BCUT2D eigenvalue weighted by atomic mass is 10.2. The van der Waals surface area contributed by atoms with E-state index in [9.17, 15) is 4.79 Å². The molecule has 6 nitrogen and oxygen atoms in total. The van der Waals surface area contributed by atoms with Crippen molar-refractivity contribution in [3.8, 4) is 11.3 Å². The minimum atomic E-state index is -0.249. The number of nitrogens with zero attached hydrogens (tertiary/aromatic N) is 3. The molecule has 1 aromatic carbocycles. The molecule has 0 atom stereocenters. The number of aryl methyl sites for hydroxylation is 2. The molecule has 1 amide bonds. The minimum absolute atomic E-state index is 0.173. The van der Waals surface area contributed by atoms with Gasteiger partial charge in [-0.3, -0.25) is 4.79 Å². The Morgan fingerprint density at radius 3 is 2.74 bits per heavy atom. The number of carbonyl (C=O) groups is 1. The highest BCUT2D eigenvalue weighted by Crippen LogP contribution is 2.24. The maximum absolute atomic E-state index is 11.9. The lowest BCUT2D eigenvalue weighted by molar-refractivity contribution is -0.118. The number of rotatable bonds is 6. The zero-order valence-corrected chi connectivity index (χ0v) is 16.3. The molecule has 0 unspecified atom stereocenters. The van der Waals surface area contributed by atoms with Crippen molar-refractivity contribution in [3.63, 3.8) is 0 Å². The summed E-state index contributed by atoms with van der Waals surface area (Å²) in [6.45, 7) is 3.79. The van der Waals surface area contributed by atoms with Crippen molar-refractivity contribution in [1.82, 2.24) is 15.4 Å². The van der Waals surface area contributed by atoms with Gasteiger partial charge in [-0.2, -0.15) is 5.10 Å². The molecule has 27 heavy (non-hydrogen) atoms. The average molecular weight is 401 g/mol. The van der Waals surface area contributed by atoms with Gasteiger partial charge in [0.2, 0.25) is 0 Å².